The van der Waals surface area contributed by atoms with Gasteiger partial charge in [0.05, 0.1) is 17.7 Å². The second-order valence-electron chi connectivity index (χ2n) is 4.32. The first kappa shape index (κ1) is 12.3. The minimum atomic E-state index is 0.140. The Hall–Kier alpha value is -2.12. The van der Waals surface area contributed by atoms with Crippen molar-refractivity contribution in [2.75, 3.05) is 0 Å². The molecule has 4 heteroatoms. The van der Waals surface area contributed by atoms with Crippen molar-refractivity contribution in [3.63, 3.8) is 0 Å². The number of benzene rings is 1. The van der Waals surface area contributed by atoms with Gasteiger partial charge in [-0.1, -0.05) is 12.1 Å². The van der Waals surface area contributed by atoms with Crippen molar-refractivity contribution < 1.29 is 0 Å². The van der Waals surface area contributed by atoms with E-state index in [0.717, 1.165) is 11.4 Å². The summed E-state index contributed by atoms with van der Waals surface area (Å²) in [6.45, 7) is 4.14. The molecule has 1 aromatic heterocycles. The third-order valence-electron chi connectivity index (χ3n) is 2.95. The molecule has 0 bridgehead atoms. The fraction of sp³-hybridized carbons (Fsp3) is 0.286. The van der Waals surface area contributed by atoms with Crippen LogP contribution in [0.1, 0.15) is 42.9 Å². The molecule has 0 radical (unpaired) electrons. The maximum Gasteiger partial charge on any atom is 0.122 e. The number of aromatic amines is 1. The zero-order valence-electron chi connectivity index (χ0n) is 10.5. The summed E-state index contributed by atoms with van der Waals surface area (Å²) in [5.41, 5.74) is 1.79. The molecule has 1 heterocycles. The Morgan fingerprint density at radius 1 is 1.33 bits per heavy atom. The predicted octanol–water partition coefficient (Wildman–Crippen LogP) is 2.69. The summed E-state index contributed by atoms with van der Waals surface area (Å²) in [4.78, 5) is 7.32. The maximum absolute atomic E-state index is 8.89. The van der Waals surface area contributed by atoms with Gasteiger partial charge >= 0.3 is 0 Å². The first-order valence-electron chi connectivity index (χ1n) is 5.96. The van der Waals surface area contributed by atoms with Gasteiger partial charge in [0.2, 0.25) is 0 Å². The van der Waals surface area contributed by atoms with Gasteiger partial charge in [0, 0.05) is 18.4 Å². The molecule has 0 aliphatic rings. The molecular formula is C14H16N4. The van der Waals surface area contributed by atoms with E-state index in [1.54, 1.807) is 6.20 Å². The summed E-state index contributed by atoms with van der Waals surface area (Å²) in [6, 6.07) is 10.1. The first-order chi connectivity index (χ1) is 8.70. The molecule has 2 N–H and O–H groups in total. The molecule has 0 fully saturated rings. The average molecular weight is 240 g/mol. The molecule has 0 aliphatic carbocycles. The molecule has 18 heavy (non-hydrogen) atoms. The van der Waals surface area contributed by atoms with Crippen LogP contribution in [0.4, 0.5) is 0 Å². The van der Waals surface area contributed by atoms with Gasteiger partial charge in [0.1, 0.15) is 5.82 Å². The summed E-state index contributed by atoms with van der Waals surface area (Å²) in [5.74, 6) is 0.915. The topological polar surface area (TPSA) is 64.5 Å². The Kier molecular flexibility index (Phi) is 3.75. The predicted molar refractivity (Wildman–Crippen MR) is 69.7 cm³/mol. The van der Waals surface area contributed by atoms with Gasteiger partial charge in [-0.25, -0.2) is 4.98 Å². The number of aromatic nitrogens is 2. The van der Waals surface area contributed by atoms with Crippen LogP contribution in [0, 0.1) is 11.3 Å². The smallest absolute Gasteiger partial charge is 0.122 e. The van der Waals surface area contributed by atoms with Crippen LogP contribution in [-0.4, -0.2) is 9.97 Å². The van der Waals surface area contributed by atoms with Gasteiger partial charge in [-0.05, 0) is 31.5 Å². The van der Waals surface area contributed by atoms with Crippen LogP contribution in [-0.2, 0) is 0 Å². The second-order valence-corrected chi connectivity index (χ2v) is 4.32. The van der Waals surface area contributed by atoms with Crippen molar-refractivity contribution in [2.24, 2.45) is 0 Å². The van der Waals surface area contributed by atoms with Crippen molar-refractivity contribution in [3.8, 4) is 6.07 Å². The van der Waals surface area contributed by atoms with Crippen molar-refractivity contribution in [3.05, 3.63) is 53.6 Å². The van der Waals surface area contributed by atoms with E-state index in [2.05, 4.69) is 35.2 Å². The maximum atomic E-state index is 8.89. The first-order valence-corrected chi connectivity index (χ1v) is 5.96. The summed E-state index contributed by atoms with van der Waals surface area (Å²) in [7, 11) is 0. The van der Waals surface area contributed by atoms with Crippen molar-refractivity contribution in [1.82, 2.24) is 15.3 Å². The Bertz CT molecular complexity index is 539. The van der Waals surface area contributed by atoms with Gasteiger partial charge in [-0.2, -0.15) is 5.26 Å². The molecule has 92 valence electrons. The van der Waals surface area contributed by atoms with E-state index >= 15 is 0 Å². The summed E-state index contributed by atoms with van der Waals surface area (Å²) >= 11 is 0. The largest absolute Gasteiger partial charge is 0.347 e. The third kappa shape index (κ3) is 2.76. The Morgan fingerprint density at radius 3 is 2.83 bits per heavy atom. The van der Waals surface area contributed by atoms with Crippen LogP contribution in [0.2, 0.25) is 0 Å². The molecule has 2 atom stereocenters. The Morgan fingerprint density at radius 2 is 2.17 bits per heavy atom. The van der Waals surface area contributed by atoms with E-state index in [9.17, 15) is 0 Å². The van der Waals surface area contributed by atoms with E-state index in [-0.39, 0.29) is 12.1 Å². The Balaban J connectivity index is 2.07. The van der Waals surface area contributed by atoms with Crippen LogP contribution >= 0.6 is 0 Å². The van der Waals surface area contributed by atoms with Crippen LogP contribution < -0.4 is 5.32 Å². The van der Waals surface area contributed by atoms with Crippen LogP contribution in [0.3, 0.4) is 0 Å². The molecule has 0 saturated carbocycles. The monoisotopic (exact) mass is 240 g/mol. The highest BCUT2D eigenvalue weighted by Crippen LogP contribution is 2.18. The summed E-state index contributed by atoms with van der Waals surface area (Å²) < 4.78 is 0. The van der Waals surface area contributed by atoms with Gasteiger partial charge in [-0.15, -0.1) is 0 Å². The normalized spacial score (nSPS) is 13.8. The number of nitrogens with one attached hydrogen (secondary N) is 2. The minimum absolute atomic E-state index is 0.140. The number of hydrogen-bond donors (Lipinski definition) is 2. The molecule has 0 aliphatic heterocycles. The van der Waals surface area contributed by atoms with E-state index in [1.165, 1.54) is 0 Å². The van der Waals surface area contributed by atoms with E-state index < -0.39 is 0 Å². The molecule has 0 spiro atoms. The minimum Gasteiger partial charge on any atom is -0.347 e. The zero-order valence-corrected chi connectivity index (χ0v) is 10.5. The quantitative estimate of drug-likeness (QED) is 0.863. The SMILES string of the molecule is CC(NC(C)c1ncc[nH]1)c1cccc(C#N)c1. The molecule has 2 aromatic rings. The number of H-pyrrole nitrogens is 1. The number of hydrogen-bond acceptors (Lipinski definition) is 3. The number of nitrogens with zero attached hydrogens (tertiary/aromatic N) is 2. The molecule has 1 aromatic carbocycles. The van der Waals surface area contributed by atoms with Gasteiger partial charge in [0.25, 0.3) is 0 Å². The fourth-order valence-electron chi connectivity index (χ4n) is 1.94. The lowest BCUT2D eigenvalue weighted by molar-refractivity contribution is 0.479. The molecule has 0 amide bonds. The van der Waals surface area contributed by atoms with Crippen LogP contribution in [0.5, 0.6) is 0 Å². The highest BCUT2D eigenvalue weighted by Gasteiger charge is 2.12. The molecule has 2 unspecified atom stereocenters. The van der Waals surface area contributed by atoms with E-state index in [1.807, 2.05) is 30.5 Å². The molecule has 4 nitrogen and oxygen atoms in total. The lowest BCUT2D eigenvalue weighted by atomic mass is 10.0. The highest BCUT2D eigenvalue weighted by molar-refractivity contribution is 5.34. The third-order valence-corrected chi connectivity index (χ3v) is 2.95. The molecular weight excluding hydrogens is 224 g/mol. The lowest BCUT2D eigenvalue weighted by Gasteiger charge is -2.19. The molecule has 2 rings (SSSR count). The van der Waals surface area contributed by atoms with Crippen molar-refractivity contribution in [1.29, 1.82) is 5.26 Å². The number of rotatable bonds is 4. The van der Waals surface area contributed by atoms with Gasteiger partial charge in [-0.3, -0.25) is 0 Å². The number of nitriles is 1. The standard InChI is InChI=1S/C14H16N4/c1-10(13-5-3-4-12(8-13)9-15)18-11(2)14-16-6-7-17-14/h3-8,10-11,18H,1-2H3,(H,16,17). The molecule has 0 saturated heterocycles. The summed E-state index contributed by atoms with van der Waals surface area (Å²) in [5, 5.41) is 12.3. The second kappa shape index (κ2) is 5.48. The zero-order chi connectivity index (χ0) is 13.0. The van der Waals surface area contributed by atoms with Crippen molar-refractivity contribution in [2.45, 2.75) is 25.9 Å². The van der Waals surface area contributed by atoms with Crippen LogP contribution in [0.25, 0.3) is 0 Å². The van der Waals surface area contributed by atoms with Gasteiger partial charge in [0.15, 0.2) is 0 Å². The van der Waals surface area contributed by atoms with Crippen molar-refractivity contribution >= 4 is 0 Å². The number of imidazole rings is 1. The highest BCUT2D eigenvalue weighted by atomic mass is 15.0. The summed E-state index contributed by atoms with van der Waals surface area (Å²) in [6.07, 6.45) is 3.56. The van der Waals surface area contributed by atoms with E-state index in [0.29, 0.717) is 5.56 Å². The Labute approximate surface area is 107 Å². The van der Waals surface area contributed by atoms with Crippen LogP contribution in [0.15, 0.2) is 36.7 Å². The average Bonchev–Trinajstić information content (AvgIpc) is 2.92. The van der Waals surface area contributed by atoms with E-state index in [4.69, 9.17) is 5.26 Å². The van der Waals surface area contributed by atoms with Gasteiger partial charge < -0.3 is 10.3 Å². The lowest BCUT2D eigenvalue weighted by Crippen LogP contribution is -2.23. The fourth-order valence-corrected chi connectivity index (χ4v) is 1.94.